The van der Waals surface area contributed by atoms with Gasteiger partial charge in [-0.15, -0.1) is 11.3 Å². The fraction of sp³-hybridized carbons (Fsp3) is 0.444. The summed E-state index contributed by atoms with van der Waals surface area (Å²) < 4.78 is 26.8. The third-order valence-electron chi connectivity index (χ3n) is 1.78. The third-order valence-corrected chi connectivity index (χ3v) is 4.82. The molecule has 0 aliphatic carbocycles. The first kappa shape index (κ1) is 13.5. The minimum Gasteiger partial charge on any atom is -0.462 e. The summed E-state index contributed by atoms with van der Waals surface area (Å²) in [6.45, 7) is 2.32. The van der Waals surface area contributed by atoms with Crippen LogP contribution in [0.4, 0.5) is 0 Å². The van der Waals surface area contributed by atoms with Gasteiger partial charge in [-0.2, -0.15) is 0 Å². The van der Waals surface area contributed by atoms with Gasteiger partial charge in [-0.05, 0) is 12.5 Å². The van der Waals surface area contributed by atoms with Gasteiger partial charge in [0.2, 0.25) is 0 Å². The molecule has 0 amide bonds. The van der Waals surface area contributed by atoms with Crippen molar-refractivity contribution in [3.63, 3.8) is 0 Å². The molecule has 0 unspecified atom stereocenters. The largest absolute Gasteiger partial charge is 0.462 e. The molecule has 0 aromatic carbocycles. The van der Waals surface area contributed by atoms with Crippen molar-refractivity contribution in [1.82, 2.24) is 0 Å². The normalized spacial score (nSPS) is 11.4. The van der Waals surface area contributed by atoms with Crippen LogP contribution in [0.1, 0.15) is 30.1 Å². The topological polar surface area (TPSA) is 60.4 Å². The lowest BCUT2D eigenvalue weighted by Crippen LogP contribution is -2.04. The summed E-state index contributed by atoms with van der Waals surface area (Å²) in [4.78, 5) is 11.4. The Bertz CT molecular complexity index is 464. The fourth-order valence-corrected chi connectivity index (χ4v) is 2.88. The van der Waals surface area contributed by atoms with Gasteiger partial charge in [-0.1, -0.05) is 13.3 Å². The molecule has 0 spiro atoms. The third kappa shape index (κ3) is 3.77. The molecule has 0 fully saturated rings. The molecule has 1 rings (SSSR count). The van der Waals surface area contributed by atoms with Crippen molar-refractivity contribution >= 4 is 37.0 Å². The summed E-state index contributed by atoms with van der Waals surface area (Å²) >= 11 is 0.903. The number of ether oxygens (including phenoxy) is 1. The van der Waals surface area contributed by atoms with E-state index in [9.17, 15) is 13.2 Å². The van der Waals surface area contributed by atoms with E-state index in [1.165, 1.54) is 11.4 Å². The summed E-state index contributed by atoms with van der Waals surface area (Å²) in [7, 11) is 1.38. The van der Waals surface area contributed by atoms with E-state index >= 15 is 0 Å². The van der Waals surface area contributed by atoms with Crippen LogP contribution in [-0.4, -0.2) is 21.0 Å². The molecule has 0 saturated heterocycles. The molecule has 7 heteroatoms. The average molecular weight is 283 g/mol. The van der Waals surface area contributed by atoms with Gasteiger partial charge in [-0.25, -0.2) is 13.2 Å². The number of hydrogen-bond donors (Lipinski definition) is 0. The molecule has 0 atom stereocenters. The Kier molecular flexibility index (Phi) is 4.76. The highest BCUT2D eigenvalue weighted by Crippen LogP contribution is 2.24. The summed E-state index contributed by atoms with van der Waals surface area (Å²) in [6.07, 6.45) is 1.72. The zero-order valence-electron chi connectivity index (χ0n) is 8.60. The first-order valence-corrected chi connectivity index (χ1v) is 7.84. The summed E-state index contributed by atoms with van der Waals surface area (Å²) in [5.74, 6) is -0.517. The van der Waals surface area contributed by atoms with E-state index in [1.54, 1.807) is 0 Å². The minimum absolute atomic E-state index is 0.0448. The number of rotatable bonds is 5. The molecule has 90 valence electrons. The monoisotopic (exact) mass is 282 g/mol. The van der Waals surface area contributed by atoms with E-state index in [1.807, 2.05) is 6.92 Å². The van der Waals surface area contributed by atoms with Crippen LogP contribution in [0.2, 0.25) is 0 Å². The molecule has 0 saturated carbocycles. The average Bonchev–Trinajstić information content (AvgIpc) is 2.66. The van der Waals surface area contributed by atoms with Crippen molar-refractivity contribution in [2.75, 3.05) is 6.61 Å². The van der Waals surface area contributed by atoms with Gasteiger partial charge < -0.3 is 4.74 Å². The Labute approximate surface area is 103 Å². The lowest BCUT2D eigenvalue weighted by molar-refractivity contribution is 0.0500. The Balaban J connectivity index is 2.68. The van der Waals surface area contributed by atoms with Gasteiger partial charge in [0.1, 0.15) is 4.21 Å². The molecule has 1 aromatic heterocycles. The van der Waals surface area contributed by atoms with Crippen molar-refractivity contribution in [1.29, 1.82) is 0 Å². The van der Waals surface area contributed by atoms with Crippen LogP contribution in [0.15, 0.2) is 15.7 Å². The number of hydrogen-bond acceptors (Lipinski definition) is 5. The van der Waals surface area contributed by atoms with Gasteiger partial charge in [0, 0.05) is 16.1 Å². The van der Waals surface area contributed by atoms with E-state index < -0.39 is 15.0 Å². The maximum Gasteiger partial charge on any atom is 0.339 e. The number of thiophene rings is 1. The molecular formula is C9H11ClO4S2. The lowest BCUT2D eigenvalue weighted by atomic mass is 10.3. The summed E-state index contributed by atoms with van der Waals surface area (Å²) in [5.41, 5.74) is 0.223. The highest BCUT2D eigenvalue weighted by atomic mass is 35.7. The number of esters is 1. The van der Waals surface area contributed by atoms with E-state index in [0.717, 1.165) is 24.2 Å². The first-order chi connectivity index (χ1) is 7.45. The Morgan fingerprint density at radius 1 is 1.56 bits per heavy atom. The number of carbonyl (C=O) groups is 1. The maximum atomic E-state index is 11.4. The first-order valence-electron chi connectivity index (χ1n) is 4.65. The van der Waals surface area contributed by atoms with Gasteiger partial charge >= 0.3 is 5.97 Å². The van der Waals surface area contributed by atoms with Crippen LogP contribution < -0.4 is 0 Å². The highest BCUT2D eigenvalue weighted by molar-refractivity contribution is 8.15. The van der Waals surface area contributed by atoms with Gasteiger partial charge in [0.15, 0.2) is 0 Å². The number of carbonyl (C=O) groups excluding carboxylic acids is 1. The molecule has 1 aromatic rings. The van der Waals surface area contributed by atoms with Crippen LogP contribution >= 0.6 is 22.0 Å². The molecule has 0 radical (unpaired) electrons. The standard InChI is InChI=1S/C9H11ClO4S2/c1-2-3-4-14-9(11)7-5-8(15-6-7)16(10,12)13/h5-6H,2-4H2,1H3. The van der Waals surface area contributed by atoms with Crippen molar-refractivity contribution < 1.29 is 17.9 Å². The van der Waals surface area contributed by atoms with Gasteiger partial charge in [-0.3, -0.25) is 0 Å². The Hall–Kier alpha value is -0.590. The van der Waals surface area contributed by atoms with Crippen LogP contribution in [0.25, 0.3) is 0 Å². The smallest absolute Gasteiger partial charge is 0.339 e. The molecule has 0 aliphatic heterocycles. The summed E-state index contributed by atoms with van der Waals surface area (Å²) in [6, 6.07) is 1.22. The Morgan fingerprint density at radius 2 is 2.25 bits per heavy atom. The molecule has 4 nitrogen and oxygen atoms in total. The fourth-order valence-electron chi connectivity index (χ4n) is 0.944. The molecule has 0 bridgehead atoms. The van der Waals surface area contributed by atoms with E-state index in [2.05, 4.69) is 0 Å². The number of halogens is 1. The quantitative estimate of drug-likeness (QED) is 0.473. The van der Waals surface area contributed by atoms with Crippen molar-refractivity contribution in [2.24, 2.45) is 0 Å². The zero-order chi connectivity index (χ0) is 12.2. The maximum absolute atomic E-state index is 11.4. The highest BCUT2D eigenvalue weighted by Gasteiger charge is 2.17. The second-order valence-corrected chi connectivity index (χ2v) is 6.79. The molecule has 16 heavy (non-hydrogen) atoms. The van der Waals surface area contributed by atoms with Crippen LogP contribution in [0.5, 0.6) is 0 Å². The summed E-state index contributed by atoms with van der Waals surface area (Å²) in [5, 5.41) is 1.42. The van der Waals surface area contributed by atoms with Crippen LogP contribution in [0, 0.1) is 0 Å². The Morgan fingerprint density at radius 3 is 2.75 bits per heavy atom. The van der Waals surface area contributed by atoms with Crippen molar-refractivity contribution in [3.05, 3.63) is 17.0 Å². The van der Waals surface area contributed by atoms with Gasteiger partial charge in [0.05, 0.1) is 12.2 Å². The van der Waals surface area contributed by atoms with Crippen molar-refractivity contribution in [2.45, 2.75) is 24.0 Å². The second kappa shape index (κ2) is 5.65. The van der Waals surface area contributed by atoms with Crippen LogP contribution in [0.3, 0.4) is 0 Å². The minimum atomic E-state index is -3.76. The predicted molar refractivity (Wildman–Crippen MR) is 62.5 cm³/mol. The molecule has 0 aliphatic rings. The van der Waals surface area contributed by atoms with Crippen molar-refractivity contribution in [3.8, 4) is 0 Å². The van der Waals surface area contributed by atoms with Gasteiger partial charge in [0.25, 0.3) is 9.05 Å². The SMILES string of the molecule is CCCCOC(=O)c1csc(S(=O)(=O)Cl)c1. The van der Waals surface area contributed by atoms with Crippen LogP contribution in [-0.2, 0) is 13.8 Å². The zero-order valence-corrected chi connectivity index (χ0v) is 11.0. The molecule has 1 heterocycles. The molecule has 0 N–H and O–H groups in total. The second-order valence-electron chi connectivity index (χ2n) is 3.08. The van der Waals surface area contributed by atoms with E-state index in [-0.39, 0.29) is 9.77 Å². The van der Waals surface area contributed by atoms with E-state index in [0.29, 0.717) is 6.61 Å². The predicted octanol–water partition coefficient (Wildman–Crippen LogP) is 2.63. The number of unbranched alkanes of at least 4 members (excludes halogenated alkanes) is 1. The lowest BCUT2D eigenvalue weighted by Gasteiger charge is -2.00. The van der Waals surface area contributed by atoms with E-state index in [4.69, 9.17) is 15.4 Å². The molecular weight excluding hydrogens is 272 g/mol.